The van der Waals surface area contributed by atoms with E-state index in [1.54, 1.807) is 0 Å². The minimum atomic E-state index is -0.142. The van der Waals surface area contributed by atoms with Crippen LogP contribution in [0.3, 0.4) is 0 Å². The van der Waals surface area contributed by atoms with Gasteiger partial charge in [-0.1, -0.05) is 56.3 Å². The molecular formula is C19H24N2O2. The first-order valence-corrected chi connectivity index (χ1v) is 8.06. The SMILES string of the molecule is CC(C)CCNC(=O)CNC(=O)Cc1cccc2ccccc12. The molecule has 0 unspecified atom stereocenters. The maximum atomic E-state index is 12.1. The van der Waals surface area contributed by atoms with Gasteiger partial charge in [0.2, 0.25) is 11.8 Å². The Kier molecular flexibility index (Phi) is 6.15. The molecule has 2 aromatic rings. The first-order valence-electron chi connectivity index (χ1n) is 8.06. The molecule has 0 fully saturated rings. The van der Waals surface area contributed by atoms with E-state index in [2.05, 4.69) is 24.5 Å². The summed E-state index contributed by atoms with van der Waals surface area (Å²) in [5, 5.41) is 7.68. The van der Waals surface area contributed by atoms with Gasteiger partial charge in [0.1, 0.15) is 0 Å². The summed E-state index contributed by atoms with van der Waals surface area (Å²) in [5.74, 6) is 0.272. The fraction of sp³-hybridized carbons (Fsp3) is 0.368. The highest BCUT2D eigenvalue weighted by atomic mass is 16.2. The van der Waals surface area contributed by atoms with E-state index in [9.17, 15) is 9.59 Å². The van der Waals surface area contributed by atoms with Gasteiger partial charge in [-0.25, -0.2) is 0 Å². The van der Waals surface area contributed by atoms with E-state index in [4.69, 9.17) is 0 Å². The number of carbonyl (C=O) groups excluding carboxylic acids is 2. The second-order valence-electron chi connectivity index (χ2n) is 6.12. The zero-order valence-electron chi connectivity index (χ0n) is 13.8. The number of nitrogens with one attached hydrogen (secondary N) is 2. The normalized spacial score (nSPS) is 10.7. The Morgan fingerprint density at radius 3 is 2.48 bits per heavy atom. The fourth-order valence-electron chi connectivity index (χ4n) is 2.42. The van der Waals surface area contributed by atoms with Crippen molar-refractivity contribution >= 4 is 22.6 Å². The molecule has 0 aliphatic heterocycles. The van der Waals surface area contributed by atoms with E-state index < -0.39 is 0 Å². The van der Waals surface area contributed by atoms with Gasteiger partial charge in [-0.3, -0.25) is 9.59 Å². The first kappa shape index (κ1) is 17.0. The zero-order chi connectivity index (χ0) is 16.7. The van der Waals surface area contributed by atoms with Crippen LogP contribution in [0.4, 0.5) is 0 Å². The number of rotatable bonds is 7. The monoisotopic (exact) mass is 312 g/mol. The van der Waals surface area contributed by atoms with Crippen molar-refractivity contribution in [3.8, 4) is 0 Å². The predicted octanol–water partition coefficient (Wildman–Crippen LogP) is 2.66. The topological polar surface area (TPSA) is 58.2 Å². The van der Waals surface area contributed by atoms with Crippen LogP contribution in [-0.2, 0) is 16.0 Å². The molecule has 4 nitrogen and oxygen atoms in total. The largest absolute Gasteiger partial charge is 0.355 e. The summed E-state index contributed by atoms with van der Waals surface area (Å²) in [7, 11) is 0. The number of carbonyl (C=O) groups is 2. The molecule has 2 amide bonds. The molecular weight excluding hydrogens is 288 g/mol. The first-order chi connectivity index (χ1) is 11.1. The molecule has 2 aromatic carbocycles. The second-order valence-corrected chi connectivity index (χ2v) is 6.12. The standard InChI is InChI=1S/C19H24N2O2/c1-14(2)10-11-20-19(23)13-21-18(22)12-16-8-5-7-15-6-3-4-9-17(15)16/h3-9,14H,10-13H2,1-2H3,(H,20,23)(H,21,22). The number of hydrogen-bond donors (Lipinski definition) is 2. The smallest absolute Gasteiger partial charge is 0.239 e. The third-order valence-corrected chi connectivity index (χ3v) is 3.72. The van der Waals surface area contributed by atoms with Crippen LogP contribution >= 0.6 is 0 Å². The van der Waals surface area contributed by atoms with Crippen LogP contribution in [0.2, 0.25) is 0 Å². The van der Waals surface area contributed by atoms with Gasteiger partial charge < -0.3 is 10.6 Å². The molecule has 2 rings (SSSR count). The van der Waals surface area contributed by atoms with Gasteiger partial charge in [0, 0.05) is 6.54 Å². The third-order valence-electron chi connectivity index (χ3n) is 3.72. The second kappa shape index (κ2) is 8.32. The Bertz CT molecular complexity index is 675. The van der Waals surface area contributed by atoms with Crippen molar-refractivity contribution in [1.82, 2.24) is 10.6 Å². The Morgan fingerprint density at radius 1 is 0.957 bits per heavy atom. The molecule has 0 bridgehead atoms. The highest BCUT2D eigenvalue weighted by molar-refractivity contribution is 5.91. The molecule has 0 aliphatic carbocycles. The van der Waals surface area contributed by atoms with Gasteiger partial charge in [-0.2, -0.15) is 0 Å². The molecule has 4 heteroatoms. The quantitative estimate of drug-likeness (QED) is 0.826. The number of benzene rings is 2. The van der Waals surface area contributed by atoms with Gasteiger partial charge in [0.25, 0.3) is 0 Å². The molecule has 0 spiro atoms. The lowest BCUT2D eigenvalue weighted by atomic mass is 10.0. The molecule has 0 atom stereocenters. The van der Waals surface area contributed by atoms with Gasteiger partial charge in [-0.15, -0.1) is 0 Å². The van der Waals surface area contributed by atoms with Crippen LogP contribution < -0.4 is 10.6 Å². The molecule has 23 heavy (non-hydrogen) atoms. The van der Waals surface area contributed by atoms with E-state index in [1.165, 1.54) is 0 Å². The highest BCUT2D eigenvalue weighted by Crippen LogP contribution is 2.18. The van der Waals surface area contributed by atoms with Crippen LogP contribution in [0.5, 0.6) is 0 Å². The van der Waals surface area contributed by atoms with Crippen LogP contribution in [0.1, 0.15) is 25.8 Å². The average molecular weight is 312 g/mol. The van der Waals surface area contributed by atoms with E-state index in [0.717, 1.165) is 22.8 Å². The van der Waals surface area contributed by atoms with Crippen LogP contribution in [0.25, 0.3) is 10.8 Å². The average Bonchev–Trinajstić information content (AvgIpc) is 2.53. The number of hydrogen-bond acceptors (Lipinski definition) is 2. The van der Waals surface area contributed by atoms with Crippen LogP contribution in [0.15, 0.2) is 42.5 Å². The molecule has 2 N–H and O–H groups in total. The van der Waals surface area contributed by atoms with E-state index in [-0.39, 0.29) is 24.8 Å². The summed E-state index contributed by atoms with van der Waals surface area (Å²) in [4.78, 5) is 23.7. The van der Waals surface area contributed by atoms with E-state index in [0.29, 0.717) is 12.5 Å². The van der Waals surface area contributed by atoms with Crippen molar-refractivity contribution in [3.63, 3.8) is 0 Å². The summed E-state index contributed by atoms with van der Waals surface area (Å²) in [6.45, 7) is 4.90. The van der Waals surface area contributed by atoms with Crippen LogP contribution in [0, 0.1) is 5.92 Å². The lowest BCUT2D eigenvalue weighted by molar-refractivity contribution is -0.125. The minimum Gasteiger partial charge on any atom is -0.355 e. The van der Waals surface area contributed by atoms with Crippen LogP contribution in [-0.4, -0.2) is 24.9 Å². The zero-order valence-corrected chi connectivity index (χ0v) is 13.8. The molecule has 0 saturated carbocycles. The lowest BCUT2D eigenvalue weighted by Gasteiger charge is -2.09. The maximum absolute atomic E-state index is 12.1. The Hall–Kier alpha value is -2.36. The number of fused-ring (bicyclic) bond motifs is 1. The van der Waals surface area contributed by atoms with Crippen molar-refractivity contribution in [2.24, 2.45) is 5.92 Å². The molecule has 0 saturated heterocycles. The summed E-state index contributed by atoms with van der Waals surface area (Å²) in [6, 6.07) is 13.9. The Balaban J connectivity index is 1.83. The summed E-state index contributed by atoms with van der Waals surface area (Å²) < 4.78 is 0. The van der Waals surface area contributed by atoms with Gasteiger partial charge >= 0.3 is 0 Å². The lowest BCUT2D eigenvalue weighted by Crippen LogP contribution is -2.38. The van der Waals surface area contributed by atoms with Crippen molar-refractivity contribution in [3.05, 3.63) is 48.0 Å². The Morgan fingerprint density at radius 2 is 1.70 bits per heavy atom. The van der Waals surface area contributed by atoms with Gasteiger partial charge in [-0.05, 0) is 28.7 Å². The summed E-state index contributed by atoms with van der Waals surface area (Å²) in [5.41, 5.74) is 0.973. The predicted molar refractivity (Wildman–Crippen MR) is 93.1 cm³/mol. The van der Waals surface area contributed by atoms with Gasteiger partial charge in [0.05, 0.1) is 13.0 Å². The van der Waals surface area contributed by atoms with Crippen molar-refractivity contribution in [2.45, 2.75) is 26.7 Å². The Labute approximate surface area is 137 Å². The van der Waals surface area contributed by atoms with Crippen molar-refractivity contribution in [2.75, 3.05) is 13.1 Å². The highest BCUT2D eigenvalue weighted by Gasteiger charge is 2.08. The van der Waals surface area contributed by atoms with Gasteiger partial charge in [0.15, 0.2) is 0 Å². The van der Waals surface area contributed by atoms with Crippen molar-refractivity contribution < 1.29 is 9.59 Å². The maximum Gasteiger partial charge on any atom is 0.239 e. The minimum absolute atomic E-state index is 0.0295. The molecule has 122 valence electrons. The third kappa shape index (κ3) is 5.40. The van der Waals surface area contributed by atoms with Crippen molar-refractivity contribution in [1.29, 1.82) is 0 Å². The molecule has 0 heterocycles. The summed E-state index contributed by atoms with van der Waals surface area (Å²) in [6.07, 6.45) is 1.22. The van der Waals surface area contributed by atoms with E-state index >= 15 is 0 Å². The molecule has 0 radical (unpaired) electrons. The molecule has 0 aromatic heterocycles. The summed E-state index contributed by atoms with van der Waals surface area (Å²) >= 11 is 0. The molecule has 0 aliphatic rings. The van der Waals surface area contributed by atoms with E-state index in [1.807, 2.05) is 42.5 Å². The fourth-order valence-corrected chi connectivity index (χ4v) is 2.42. The number of amides is 2.